The number of ether oxygens (including phenoxy) is 1. The van der Waals surface area contributed by atoms with Crippen LogP contribution in [0.25, 0.3) is 0 Å². The third-order valence-corrected chi connectivity index (χ3v) is 2.61. The molecule has 1 aromatic heterocycles. The summed E-state index contributed by atoms with van der Waals surface area (Å²) in [6.07, 6.45) is 1.36. The van der Waals surface area contributed by atoms with E-state index in [1.807, 2.05) is 0 Å². The number of rotatable bonds is 5. The number of aromatic nitrogens is 2. The molecule has 112 valence electrons. The maximum atomic E-state index is 13.1. The molecule has 0 aliphatic heterocycles. The van der Waals surface area contributed by atoms with Crippen LogP contribution in [0.5, 0.6) is 5.75 Å². The fraction of sp³-hybridized carbons (Fsp3) is 0.286. The summed E-state index contributed by atoms with van der Waals surface area (Å²) in [5, 5.41) is 3.90. The zero-order chi connectivity index (χ0) is 15.4. The van der Waals surface area contributed by atoms with Crippen molar-refractivity contribution in [1.29, 1.82) is 0 Å². The number of benzene rings is 1. The second-order valence-corrected chi connectivity index (χ2v) is 4.75. The lowest BCUT2D eigenvalue weighted by molar-refractivity contribution is 0.293. The Balaban J connectivity index is 2.15. The lowest BCUT2D eigenvalue weighted by Crippen LogP contribution is -2.26. The minimum Gasteiger partial charge on any atom is -0.490 e. The maximum absolute atomic E-state index is 13.1. The van der Waals surface area contributed by atoms with Crippen LogP contribution in [-0.4, -0.2) is 22.4 Å². The Labute approximate surface area is 120 Å². The van der Waals surface area contributed by atoms with E-state index in [1.54, 1.807) is 6.92 Å². The molecule has 0 spiro atoms. The van der Waals surface area contributed by atoms with Gasteiger partial charge in [0.15, 0.2) is 0 Å². The van der Waals surface area contributed by atoms with Gasteiger partial charge < -0.3 is 10.5 Å². The van der Waals surface area contributed by atoms with E-state index in [2.05, 4.69) is 5.10 Å². The van der Waals surface area contributed by atoms with Gasteiger partial charge in [0.1, 0.15) is 24.0 Å². The topological polar surface area (TPSA) is 70.1 Å². The van der Waals surface area contributed by atoms with Gasteiger partial charge >= 0.3 is 0 Å². The number of nitrogens with zero attached hydrogens (tertiary/aromatic N) is 2. The quantitative estimate of drug-likeness (QED) is 0.902. The van der Waals surface area contributed by atoms with Crippen LogP contribution < -0.4 is 16.0 Å². The lowest BCUT2D eigenvalue weighted by Gasteiger charge is -2.09. The Morgan fingerprint density at radius 2 is 1.95 bits per heavy atom. The maximum Gasteiger partial charge on any atom is 0.270 e. The van der Waals surface area contributed by atoms with Crippen LogP contribution >= 0.6 is 0 Å². The molecule has 0 aliphatic rings. The predicted molar refractivity (Wildman–Crippen MR) is 73.1 cm³/mol. The van der Waals surface area contributed by atoms with E-state index < -0.39 is 17.2 Å². The van der Waals surface area contributed by atoms with Gasteiger partial charge in [-0.3, -0.25) is 4.79 Å². The molecule has 0 aliphatic carbocycles. The van der Waals surface area contributed by atoms with Gasteiger partial charge in [-0.05, 0) is 24.6 Å². The zero-order valence-corrected chi connectivity index (χ0v) is 11.4. The largest absolute Gasteiger partial charge is 0.490 e. The molecule has 0 bridgehead atoms. The standard InChI is InChI=1S/C14H15F2N3O2/c1-9(17)8-21-13-5-14(20)19(18-6-13)7-10-2-11(15)4-12(16)3-10/h2-6,9H,7-8,17H2,1H3. The first kappa shape index (κ1) is 15.1. The zero-order valence-electron chi connectivity index (χ0n) is 11.4. The average Bonchev–Trinajstić information content (AvgIpc) is 2.38. The van der Waals surface area contributed by atoms with Crippen molar-refractivity contribution in [3.8, 4) is 5.75 Å². The van der Waals surface area contributed by atoms with E-state index >= 15 is 0 Å². The molecule has 0 amide bonds. The molecule has 1 aromatic carbocycles. The Hall–Kier alpha value is -2.28. The van der Waals surface area contributed by atoms with Crippen LogP contribution in [0.15, 0.2) is 35.3 Å². The summed E-state index contributed by atoms with van der Waals surface area (Å²) in [7, 11) is 0. The molecule has 7 heteroatoms. The first-order valence-corrected chi connectivity index (χ1v) is 6.34. The second kappa shape index (κ2) is 6.45. The molecule has 0 radical (unpaired) electrons. The van der Waals surface area contributed by atoms with E-state index in [9.17, 15) is 13.6 Å². The second-order valence-electron chi connectivity index (χ2n) is 4.75. The highest BCUT2D eigenvalue weighted by Gasteiger charge is 2.06. The smallest absolute Gasteiger partial charge is 0.270 e. The van der Waals surface area contributed by atoms with E-state index in [-0.39, 0.29) is 19.2 Å². The molecule has 1 atom stereocenters. The van der Waals surface area contributed by atoms with Gasteiger partial charge in [0.2, 0.25) is 0 Å². The van der Waals surface area contributed by atoms with Crippen molar-refractivity contribution in [2.75, 3.05) is 6.61 Å². The van der Waals surface area contributed by atoms with Crippen molar-refractivity contribution in [3.05, 3.63) is 58.0 Å². The predicted octanol–water partition coefficient (Wildman–Crippen LogP) is 1.30. The molecule has 1 heterocycles. The van der Waals surface area contributed by atoms with Crippen LogP contribution in [0.4, 0.5) is 8.78 Å². The van der Waals surface area contributed by atoms with Gasteiger partial charge in [0.05, 0.1) is 12.7 Å². The Morgan fingerprint density at radius 3 is 2.52 bits per heavy atom. The summed E-state index contributed by atoms with van der Waals surface area (Å²) in [6.45, 7) is 2.01. The summed E-state index contributed by atoms with van der Waals surface area (Å²) in [5.74, 6) is -1.09. The van der Waals surface area contributed by atoms with E-state index in [4.69, 9.17) is 10.5 Å². The monoisotopic (exact) mass is 295 g/mol. The number of nitrogens with two attached hydrogens (primary N) is 1. The van der Waals surface area contributed by atoms with Crippen molar-refractivity contribution >= 4 is 0 Å². The lowest BCUT2D eigenvalue weighted by atomic mass is 10.2. The fourth-order valence-corrected chi connectivity index (χ4v) is 1.72. The minimum absolute atomic E-state index is 0.0267. The van der Waals surface area contributed by atoms with Gasteiger partial charge in [-0.15, -0.1) is 0 Å². The van der Waals surface area contributed by atoms with Crippen LogP contribution in [0.1, 0.15) is 12.5 Å². The molecule has 2 aromatic rings. The normalized spacial score (nSPS) is 12.2. The Bertz CT molecular complexity index is 666. The summed E-state index contributed by atoms with van der Waals surface area (Å²) in [4.78, 5) is 11.9. The SMILES string of the molecule is CC(N)COc1cnn(Cc2cc(F)cc(F)c2)c(=O)c1. The van der Waals surface area contributed by atoms with Crippen LogP contribution in [0.3, 0.4) is 0 Å². The summed E-state index contributed by atoms with van der Waals surface area (Å²) in [6, 6.07) is 4.16. The van der Waals surface area contributed by atoms with E-state index in [1.165, 1.54) is 12.3 Å². The molecule has 0 saturated carbocycles. The van der Waals surface area contributed by atoms with E-state index in [0.29, 0.717) is 11.3 Å². The highest BCUT2D eigenvalue weighted by molar-refractivity contribution is 5.19. The van der Waals surface area contributed by atoms with Gasteiger partial charge in [-0.2, -0.15) is 5.10 Å². The first-order valence-electron chi connectivity index (χ1n) is 6.34. The van der Waals surface area contributed by atoms with Crippen LogP contribution in [0.2, 0.25) is 0 Å². The van der Waals surface area contributed by atoms with Gasteiger partial charge in [0.25, 0.3) is 5.56 Å². The number of hydrogen-bond acceptors (Lipinski definition) is 4. The number of hydrogen-bond donors (Lipinski definition) is 1. The van der Waals surface area contributed by atoms with Crippen LogP contribution in [0, 0.1) is 11.6 Å². The van der Waals surface area contributed by atoms with Crippen molar-refractivity contribution in [1.82, 2.24) is 9.78 Å². The van der Waals surface area contributed by atoms with Crippen molar-refractivity contribution in [2.45, 2.75) is 19.5 Å². The van der Waals surface area contributed by atoms with E-state index in [0.717, 1.165) is 22.9 Å². The summed E-state index contributed by atoms with van der Waals surface area (Å²) >= 11 is 0. The molecule has 21 heavy (non-hydrogen) atoms. The molecular formula is C14H15F2N3O2. The molecule has 5 nitrogen and oxygen atoms in total. The third-order valence-electron chi connectivity index (χ3n) is 2.61. The minimum atomic E-state index is -0.699. The first-order chi connectivity index (χ1) is 9.94. The highest BCUT2D eigenvalue weighted by atomic mass is 19.1. The summed E-state index contributed by atoms with van der Waals surface area (Å²) < 4.78 is 32.5. The molecular weight excluding hydrogens is 280 g/mol. The highest BCUT2D eigenvalue weighted by Crippen LogP contribution is 2.09. The molecule has 1 unspecified atom stereocenters. The number of halogens is 2. The molecule has 2 rings (SSSR count). The molecule has 2 N–H and O–H groups in total. The van der Waals surface area contributed by atoms with Crippen molar-refractivity contribution < 1.29 is 13.5 Å². The van der Waals surface area contributed by atoms with Crippen molar-refractivity contribution in [3.63, 3.8) is 0 Å². The van der Waals surface area contributed by atoms with Gasteiger partial charge in [-0.1, -0.05) is 0 Å². The fourth-order valence-electron chi connectivity index (χ4n) is 1.72. The van der Waals surface area contributed by atoms with Crippen LogP contribution in [-0.2, 0) is 6.54 Å². The van der Waals surface area contributed by atoms with Crippen molar-refractivity contribution in [2.24, 2.45) is 5.73 Å². The Morgan fingerprint density at radius 1 is 1.29 bits per heavy atom. The summed E-state index contributed by atoms with van der Waals surface area (Å²) in [5.41, 5.74) is 5.42. The Kier molecular flexibility index (Phi) is 4.64. The molecule has 0 saturated heterocycles. The van der Waals surface area contributed by atoms with Gasteiger partial charge in [-0.25, -0.2) is 13.5 Å². The van der Waals surface area contributed by atoms with Gasteiger partial charge in [0, 0.05) is 18.2 Å². The molecule has 0 fully saturated rings. The third kappa shape index (κ3) is 4.35. The average molecular weight is 295 g/mol.